The van der Waals surface area contributed by atoms with Crippen LogP contribution < -0.4 is 5.32 Å². The predicted octanol–water partition coefficient (Wildman–Crippen LogP) is 2.89. The Morgan fingerprint density at radius 3 is 1.80 bits per heavy atom. The van der Waals surface area contributed by atoms with Gasteiger partial charge in [-0.25, -0.2) is 8.78 Å². The van der Waals surface area contributed by atoms with Crippen LogP contribution in [0.3, 0.4) is 0 Å². The van der Waals surface area contributed by atoms with Gasteiger partial charge in [0.05, 0.1) is 5.70 Å². The summed E-state index contributed by atoms with van der Waals surface area (Å²) in [6.45, 7) is 0. The quantitative estimate of drug-likeness (QED) is 0.723. The van der Waals surface area contributed by atoms with Gasteiger partial charge in [-0.2, -0.15) is 13.2 Å². The molecule has 1 heterocycles. The smallest absolute Gasteiger partial charge is 0.358 e. The summed E-state index contributed by atoms with van der Waals surface area (Å²) in [6.07, 6.45) is -3.58. The van der Waals surface area contributed by atoms with Gasteiger partial charge < -0.3 is 5.32 Å². The van der Waals surface area contributed by atoms with Crippen LogP contribution in [0.5, 0.6) is 0 Å². The van der Waals surface area contributed by atoms with Crippen LogP contribution in [0, 0.1) is 11.6 Å². The zero-order valence-electron chi connectivity index (χ0n) is 7.12. The van der Waals surface area contributed by atoms with Crippen LogP contribution in [0.1, 0.15) is 11.1 Å². The van der Waals surface area contributed by atoms with Crippen LogP contribution in [-0.4, -0.2) is 0 Å². The summed E-state index contributed by atoms with van der Waals surface area (Å²) in [5, 5.41) is 2.54. The molecule has 0 saturated carbocycles. The van der Waals surface area contributed by atoms with Crippen LogP contribution in [0.2, 0.25) is 0 Å². The summed E-state index contributed by atoms with van der Waals surface area (Å²) in [4.78, 5) is 0. The Hall–Kier alpha value is -1.59. The van der Waals surface area contributed by atoms with Gasteiger partial charge >= 0.3 is 6.18 Å². The SMILES string of the molecule is Fc1cc(C2=CN2)cc(F)c1C(F)(F)F. The van der Waals surface area contributed by atoms with E-state index in [9.17, 15) is 22.0 Å². The average molecular weight is 221 g/mol. The zero-order chi connectivity index (χ0) is 11.2. The molecule has 0 aliphatic carbocycles. The molecule has 0 aromatic heterocycles. The lowest BCUT2D eigenvalue weighted by Crippen LogP contribution is -2.11. The minimum Gasteiger partial charge on any atom is -0.358 e. The van der Waals surface area contributed by atoms with Gasteiger partial charge in [0.1, 0.15) is 17.2 Å². The van der Waals surface area contributed by atoms with Gasteiger partial charge in [-0.05, 0) is 12.1 Å². The normalized spacial score (nSPS) is 14.6. The minimum atomic E-state index is -5.02. The molecule has 6 heteroatoms. The first-order valence-electron chi connectivity index (χ1n) is 3.93. The van der Waals surface area contributed by atoms with Gasteiger partial charge in [-0.1, -0.05) is 0 Å². The summed E-state index contributed by atoms with van der Waals surface area (Å²) in [7, 11) is 0. The molecule has 1 aromatic rings. The lowest BCUT2D eigenvalue weighted by atomic mass is 10.1. The van der Waals surface area contributed by atoms with Crippen LogP contribution in [0.4, 0.5) is 22.0 Å². The van der Waals surface area contributed by atoms with Crippen molar-refractivity contribution in [2.24, 2.45) is 0 Å². The lowest BCUT2D eigenvalue weighted by Gasteiger charge is -2.09. The van der Waals surface area contributed by atoms with Crippen molar-refractivity contribution in [3.05, 3.63) is 41.1 Å². The maximum absolute atomic E-state index is 13.0. The van der Waals surface area contributed by atoms with Crippen molar-refractivity contribution in [3.8, 4) is 0 Å². The van der Waals surface area contributed by atoms with E-state index in [0.717, 1.165) is 0 Å². The first kappa shape index (κ1) is 9.95. The molecular formula is C9H4F5N. The Morgan fingerprint density at radius 2 is 1.47 bits per heavy atom. The highest BCUT2D eigenvalue weighted by Gasteiger charge is 2.38. The molecule has 0 amide bonds. The molecule has 80 valence electrons. The van der Waals surface area contributed by atoms with E-state index >= 15 is 0 Å². The molecule has 15 heavy (non-hydrogen) atoms. The number of rotatable bonds is 1. The highest BCUT2D eigenvalue weighted by atomic mass is 19.4. The number of nitrogens with one attached hydrogen (secondary N) is 1. The van der Waals surface area contributed by atoms with Gasteiger partial charge in [0.25, 0.3) is 0 Å². The fourth-order valence-electron chi connectivity index (χ4n) is 1.20. The van der Waals surface area contributed by atoms with Crippen molar-refractivity contribution in [1.29, 1.82) is 0 Å². The molecule has 1 aliphatic heterocycles. The molecule has 0 atom stereocenters. The molecule has 1 aliphatic rings. The summed E-state index contributed by atoms with van der Waals surface area (Å²) < 4.78 is 62.4. The van der Waals surface area contributed by atoms with Crippen LogP contribution in [0.15, 0.2) is 18.3 Å². The van der Waals surface area contributed by atoms with E-state index in [0.29, 0.717) is 17.8 Å². The Kier molecular flexibility index (Phi) is 1.95. The third kappa shape index (κ3) is 1.79. The van der Waals surface area contributed by atoms with Gasteiger partial charge in [0.2, 0.25) is 0 Å². The Labute approximate surface area is 81.2 Å². The molecule has 0 fully saturated rings. The molecule has 0 unspecified atom stereocenters. The van der Waals surface area contributed by atoms with Crippen LogP contribution in [-0.2, 0) is 6.18 Å². The number of hydrogen-bond acceptors (Lipinski definition) is 1. The summed E-state index contributed by atoms with van der Waals surface area (Å²) in [5.74, 6) is -3.21. The van der Waals surface area contributed by atoms with Crippen molar-refractivity contribution in [1.82, 2.24) is 5.32 Å². The van der Waals surface area contributed by atoms with E-state index < -0.39 is 23.4 Å². The van der Waals surface area contributed by atoms with E-state index in [-0.39, 0.29) is 5.56 Å². The molecule has 1 N–H and O–H groups in total. The topological polar surface area (TPSA) is 21.9 Å². The van der Waals surface area contributed by atoms with E-state index in [1.165, 1.54) is 6.20 Å². The number of alkyl halides is 3. The standard InChI is InChI=1S/C9H4F5N/c10-5-1-4(7-3-15-7)2-6(11)8(5)9(12,13)14/h1-3,15H. The second-order valence-corrected chi connectivity index (χ2v) is 3.02. The molecular weight excluding hydrogens is 217 g/mol. The summed E-state index contributed by atoms with van der Waals surface area (Å²) >= 11 is 0. The first-order chi connectivity index (χ1) is 6.89. The van der Waals surface area contributed by atoms with E-state index in [2.05, 4.69) is 5.32 Å². The van der Waals surface area contributed by atoms with E-state index in [1.807, 2.05) is 0 Å². The fraction of sp³-hybridized carbons (Fsp3) is 0.111. The molecule has 0 radical (unpaired) electrons. The average Bonchev–Trinajstić information content (AvgIpc) is 2.80. The maximum atomic E-state index is 13.0. The highest BCUT2D eigenvalue weighted by molar-refractivity contribution is 5.74. The van der Waals surface area contributed by atoms with Crippen molar-refractivity contribution in [2.45, 2.75) is 6.18 Å². The fourth-order valence-corrected chi connectivity index (χ4v) is 1.20. The minimum absolute atomic E-state index is 0.0676. The van der Waals surface area contributed by atoms with E-state index in [1.54, 1.807) is 0 Å². The largest absolute Gasteiger partial charge is 0.422 e. The highest BCUT2D eigenvalue weighted by Crippen LogP contribution is 2.35. The monoisotopic (exact) mass is 221 g/mol. The Morgan fingerprint density at radius 1 is 1.00 bits per heavy atom. The van der Waals surface area contributed by atoms with Crippen molar-refractivity contribution < 1.29 is 22.0 Å². The second kappa shape index (κ2) is 2.95. The van der Waals surface area contributed by atoms with Gasteiger partial charge in [-0.15, -0.1) is 0 Å². The molecule has 0 spiro atoms. The van der Waals surface area contributed by atoms with Crippen LogP contribution >= 0.6 is 0 Å². The summed E-state index contributed by atoms with van der Waals surface area (Å²) in [6, 6.07) is 1.30. The van der Waals surface area contributed by atoms with Crippen LogP contribution in [0.25, 0.3) is 5.70 Å². The third-order valence-corrected chi connectivity index (χ3v) is 1.93. The van der Waals surface area contributed by atoms with Crippen molar-refractivity contribution in [2.75, 3.05) is 0 Å². The summed E-state index contributed by atoms with van der Waals surface area (Å²) in [5.41, 5.74) is -1.37. The van der Waals surface area contributed by atoms with Crippen molar-refractivity contribution >= 4 is 5.70 Å². The third-order valence-electron chi connectivity index (χ3n) is 1.93. The Balaban J connectivity index is 2.53. The number of benzene rings is 1. The predicted molar refractivity (Wildman–Crippen MR) is 42.5 cm³/mol. The molecule has 1 nitrogen and oxygen atoms in total. The van der Waals surface area contributed by atoms with E-state index in [4.69, 9.17) is 0 Å². The zero-order valence-corrected chi connectivity index (χ0v) is 7.12. The second-order valence-electron chi connectivity index (χ2n) is 3.02. The van der Waals surface area contributed by atoms with Gasteiger partial charge in [-0.3, -0.25) is 0 Å². The first-order valence-corrected chi connectivity index (χ1v) is 3.93. The molecule has 0 saturated heterocycles. The number of halogens is 5. The molecule has 2 rings (SSSR count). The lowest BCUT2D eigenvalue weighted by molar-refractivity contribution is -0.142. The van der Waals surface area contributed by atoms with Gasteiger partial charge in [0.15, 0.2) is 0 Å². The molecule has 0 bridgehead atoms. The maximum Gasteiger partial charge on any atom is 0.422 e. The molecule has 1 aromatic carbocycles. The number of hydrogen-bond donors (Lipinski definition) is 1. The Bertz CT molecular complexity index is 423. The van der Waals surface area contributed by atoms with Crippen molar-refractivity contribution in [3.63, 3.8) is 0 Å². The van der Waals surface area contributed by atoms with Gasteiger partial charge in [0, 0.05) is 11.8 Å².